The van der Waals surface area contributed by atoms with Gasteiger partial charge in [0.25, 0.3) is 0 Å². The number of fused-ring (bicyclic) bond motifs is 2. The third-order valence-electron chi connectivity index (χ3n) is 9.46. The molecule has 4 aliphatic rings. The molecule has 6 bridgehead atoms. The molecule has 0 aliphatic carbocycles. The van der Waals surface area contributed by atoms with Gasteiger partial charge in [-0.1, -0.05) is 18.2 Å². The van der Waals surface area contributed by atoms with Crippen molar-refractivity contribution in [1.82, 2.24) is 9.80 Å². The predicted molar refractivity (Wildman–Crippen MR) is 168 cm³/mol. The number of phenolic OH excluding ortho intramolecular Hbond substituents is 2. The summed E-state index contributed by atoms with van der Waals surface area (Å²) in [6.07, 6.45) is 3.08. The van der Waals surface area contributed by atoms with E-state index >= 15 is 0 Å². The van der Waals surface area contributed by atoms with Crippen LogP contribution in [0.25, 0.3) is 0 Å². The highest BCUT2D eigenvalue weighted by molar-refractivity contribution is 5.63. The van der Waals surface area contributed by atoms with Crippen molar-refractivity contribution in [2.45, 2.75) is 37.8 Å². The van der Waals surface area contributed by atoms with Crippen LogP contribution in [0.4, 0.5) is 0 Å². The van der Waals surface area contributed by atoms with E-state index in [1.54, 1.807) is 20.3 Å². The average molecular weight is 595 g/mol. The summed E-state index contributed by atoms with van der Waals surface area (Å²) >= 11 is 0. The molecular formula is C36H38N2O6. The van der Waals surface area contributed by atoms with Gasteiger partial charge in [-0.3, -0.25) is 9.80 Å². The minimum atomic E-state index is -0.122. The summed E-state index contributed by atoms with van der Waals surface area (Å²) in [7, 11) is 7.46. The lowest BCUT2D eigenvalue weighted by Crippen LogP contribution is -2.34. The smallest absolute Gasteiger partial charge is 0.201 e. The first-order valence-electron chi connectivity index (χ1n) is 15.1. The van der Waals surface area contributed by atoms with Gasteiger partial charge in [0.15, 0.2) is 34.5 Å². The van der Waals surface area contributed by atoms with Gasteiger partial charge in [-0.25, -0.2) is 0 Å². The number of likely N-dealkylation sites (N-methyl/N-ethyl adjacent to an activating group) is 2. The Kier molecular flexibility index (Phi) is 7.26. The topological polar surface area (TPSA) is 83.9 Å². The van der Waals surface area contributed by atoms with E-state index < -0.39 is 0 Å². The second-order valence-electron chi connectivity index (χ2n) is 12.1. The van der Waals surface area contributed by atoms with Crippen molar-refractivity contribution in [3.05, 3.63) is 94.0 Å². The Morgan fingerprint density at radius 1 is 0.705 bits per heavy atom. The number of aromatic hydroxyl groups is 2. The molecule has 0 saturated carbocycles. The van der Waals surface area contributed by atoms with Crippen molar-refractivity contribution < 1.29 is 29.2 Å². The van der Waals surface area contributed by atoms with Crippen LogP contribution < -0.4 is 18.9 Å². The molecule has 44 heavy (non-hydrogen) atoms. The van der Waals surface area contributed by atoms with Crippen LogP contribution >= 0.6 is 0 Å². The third-order valence-corrected chi connectivity index (χ3v) is 9.46. The average Bonchev–Trinajstić information content (AvgIpc) is 3.03. The quantitative estimate of drug-likeness (QED) is 0.270. The molecule has 4 aliphatic heterocycles. The summed E-state index contributed by atoms with van der Waals surface area (Å²) in [4.78, 5) is 4.65. The lowest BCUT2D eigenvalue weighted by Gasteiger charge is -2.37. The van der Waals surface area contributed by atoms with Crippen LogP contribution in [-0.4, -0.2) is 61.4 Å². The second kappa shape index (κ2) is 11.3. The van der Waals surface area contributed by atoms with Gasteiger partial charge in [-0.2, -0.15) is 0 Å². The number of phenols is 2. The zero-order chi connectivity index (χ0) is 30.5. The highest BCUT2D eigenvalue weighted by Crippen LogP contribution is 2.51. The van der Waals surface area contributed by atoms with E-state index in [0.29, 0.717) is 40.9 Å². The maximum absolute atomic E-state index is 11.6. The zero-order valence-corrected chi connectivity index (χ0v) is 25.6. The van der Waals surface area contributed by atoms with Crippen molar-refractivity contribution in [2.24, 2.45) is 0 Å². The summed E-state index contributed by atoms with van der Waals surface area (Å²) in [5, 5.41) is 22.3. The number of ether oxygens (including phenoxy) is 4. The number of methoxy groups -OCH3 is 2. The molecule has 2 atom stereocenters. The van der Waals surface area contributed by atoms with Crippen LogP contribution in [0.3, 0.4) is 0 Å². The first kappa shape index (κ1) is 28.4. The van der Waals surface area contributed by atoms with Crippen LogP contribution in [-0.2, 0) is 25.7 Å². The molecule has 0 amide bonds. The summed E-state index contributed by atoms with van der Waals surface area (Å²) in [6, 6.07) is 19.7. The molecule has 2 N–H and O–H groups in total. The van der Waals surface area contributed by atoms with Crippen molar-refractivity contribution in [3.63, 3.8) is 0 Å². The molecule has 8 nitrogen and oxygen atoms in total. The Labute approximate surface area is 258 Å². The molecule has 0 saturated heterocycles. The van der Waals surface area contributed by atoms with Gasteiger partial charge in [-0.05, 0) is 110 Å². The molecule has 0 spiro atoms. The Balaban J connectivity index is 1.45. The standard InChI is InChI=1S/C36H38N2O6/c1-37-13-11-23-18-31(41-3)32-20-26(23)27(37)15-21-5-8-25(9-6-21)43-30-17-22(7-10-29(30)39)16-28-34-24(12-14-38(28)2)19-33(42-4)35(40)36(34)44-32/h5-10,17-20,27-28,39-40H,11-16H2,1-4H3/t27-,28?/m1/s1. The van der Waals surface area contributed by atoms with Crippen molar-refractivity contribution >= 4 is 0 Å². The molecule has 0 aromatic heterocycles. The summed E-state index contributed by atoms with van der Waals surface area (Å²) in [5.74, 6) is 3.05. The molecule has 8 rings (SSSR count). The van der Waals surface area contributed by atoms with Crippen molar-refractivity contribution in [1.29, 1.82) is 0 Å². The highest BCUT2D eigenvalue weighted by Gasteiger charge is 2.34. The monoisotopic (exact) mass is 594 g/mol. The zero-order valence-electron chi connectivity index (χ0n) is 25.6. The van der Waals surface area contributed by atoms with Gasteiger partial charge in [0, 0.05) is 30.7 Å². The van der Waals surface area contributed by atoms with Crippen LogP contribution in [0.15, 0.2) is 60.7 Å². The van der Waals surface area contributed by atoms with Crippen LogP contribution in [0, 0.1) is 0 Å². The maximum Gasteiger partial charge on any atom is 0.201 e. The van der Waals surface area contributed by atoms with Gasteiger partial charge in [0.1, 0.15) is 5.75 Å². The molecular weight excluding hydrogens is 556 g/mol. The third kappa shape index (κ3) is 4.98. The van der Waals surface area contributed by atoms with Gasteiger partial charge in [-0.15, -0.1) is 0 Å². The van der Waals surface area contributed by atoms with Crippen LogP contribution in [0.1, 0.15) is 45.5 Å². The Morgan fingerprint density at radius 2 is 1.36 bits per heavy atom. The largest absolute Gasteiger partial charge is 0.504 e. The first-order chi connectivity index (χ1) is 21.3. The molecule has 0 radical (unpaired) electrons. The Hall–Kier alpha value is -4.40. The normalized spacial score (nSPS) is 19.6. The number of rotatable bonds is 2. The molecule has 4 aromatic carbocycles. The Bertz CT molecular complexity index is 1720. The SMILES string of the molecule is COc1cc2c3cc1Oc1c(O)c(OC)cc4c1C(Cc1ccc(O)c(c1)Oc1ccc(cc1)C[C@H]3N(C)CC2)N(C)CC4. The molecule has 228 valence electrons. The fraction of sp³-hybridized carbons (Fsp3) is 0.333. The van der Waals surface area contributed by atoms with E-state index in [9.17, 15) is 10.2 Å². The molecule has 8 heteroatoms. The number of hydrogen-bond acceptors (Lipinski definition) is 8. The number of nitrogens with zero attached hydrogens (tertiary/aromatic N) is 2. The fourth-order valence-corrected chi connectivity index (χ4v) is 6.94. The fourth-order valence-electron chi connectivity index (χ4n) is 6.94. The lowest BCUT2D eigenvalue weighted by atomic mass is 9.87. The van der Waals surface area contributed by atoms with Gasteiger partial charge < -0.3 is 29.2 Å². The van der Waals surface area contributed by atoms with Gasteiger partial charge in [0.2, 0.25) is 5.75 Å². The van der Waals surface area contributed by atoms with Gasteiger partial charge >= 0.3 is 0 Å². The van der Waals surface area contributed by atoms with E-state index in [2.05, 4.69) is 48.2 Å². The summed E-state index contributed by atoms with van der Waals surface area (Å²) < 4.78 is 24.5. The summed E-state index contributed by atoms with van der Waals surface area (Å²) in [6.45, 7) is 1.75. The van der Waals surface area contributed by atoms with Crippen molar-refractivity contribution in [3.8, 4) is 46.0 Å². The second-order valence-corrected chi connectivity index (χ2v) is 12.1. The van der Waals surface area contributed by atoms with E-state index in [4.69, 9.17) is 18.9 Å². The van der Waals surface area contributed by atoms with E-state index in [1.165, 1.54) is 16.7 Å². The molecule has 0 fully saturated rings. The van der Waals surface area contributed by atoms with Crippen LogP contribution in [0.5, 0.6) is 46.0 Å². The van der Waals surface area contributed by atoms with E-state index in [0.717, 1.165) is 49.0 Å². The van der Waals surface area contributed by atoms with E-state index in [-0.39, 0.29) is 23.6 Å². The van der Waals surface area contributed by atoms with Gasteiger partial charge in [0.05, 0.1) is 14.2 Å². The number of benzene rings is 4. The minimum Gasteiger partial charge on any atom is -0.504 e. The van der Waals surface area contributed by atoms with Crippen molar-refractivity contribution in [2.75, 3.05) is 41.4 Å². The first-order valence-corrected chi connectivity index (χ1v) is 15.1. The number of hydrogen-bond donors (Lipinski definition) is 2. The lowest BCUT2D eigenvalue weighted by molar-refractivity contribution is 0.220. The minimum absolute atomic E-state index is 0.0383. The molecule has 4 aromatic rings. The Morgan fingerprint density at radius 3 is 2.11 bits per heavy atom. The summed E-state index contributed by atoms with van der Waals surface area (Å²) in [5.41, 5.74) is 6.55. The maximum atomic E-state index is 11.6. The highest BCUT2D eigenvalue weighted by atomic mass is 16.5. The predicted octanol–water partition coefficient (Wildman–Crippen LogP) is 6.56. The molecule has 1 unspecified atom stereocenters. The van der Waals surface area contributed by atoms with E-state index in [1.807, 2.05) is 30.3 Å². The van der Waals surface area contributed by atoms with Crippen LogP contribution in [0.2, 0.25) is 0 Å². The molecule has 4 heterocycles.